The van der Waals surface area contributed by atoms with Gasteiger partial charge in [0.25, 0.3) is 5.91 Å². The van der Waals surface area contributed by atoms with Crippen LogP contribution in [0.2, 0.25) is 0 Å². The number of pyridine rings is 1. The van der Waals surface area contributed by atoms with Crippen LogP contribution in [0.25, 0.3) is 0 Å². The number of sulfone groups is 1. The summed E-state index contributed by atoms with van der Waals surface area (Å²) in [5.41, 5.74) is 0.566. The number of rotatable bonds is 8. The molecule has 2 saturated heterocycles. The lowest BCUT2D eigenvalue weighted by Crippen LogP contribution is -2.58. The molecule has 1 amide bonds. The maximum Gasteiger partial charge on any atom is 0.258 e. The normalized spacial score (nSPS) is 20.1. The van der Waals surface area contributed by atoms with E-state index in [4.69, 9.17) is 4.74 Å². The number of nitrogens with zero attached hydrogens (tertiary/aromatic N) is 2. The van der Waals surface area contributed by atoms with Gasteiger partial charge in [-0.05, 0) is 66.8 Å². The molecule has 1 aliphatic carbocycles. The molecule has 2 aromatic rings. The first-order chi connectivity index (χ1) is 17.9. The number of anilines is 3. The van der Waals surface area contributed by atoms with E-state index in [1.54, 1.807) is 36.4 Å². The number of hydrogen-bond donors (Lipinski definition) is 3. The number of amides is 1. The van der Waals surface area contributed by atoms with Crippen LogP contribution in [0.5, 0.6) is 0 Å². The largest absolute Gasteiger partial charge is 0.394 e. The van der Waals surface area contributed by atoms with E-state index in [2.05, 4.69) is 20.5 Å². The van der Waals surface area contributed by atoms with Crippen molar-refractivity contribution in [3.05, 3.63) is 42.0 Å². The average molecular weight is 543 g/mol. The van der Waals surface area contributed by atoms with Crippen LogP contribution in [0, 0.1) is 10.8 Å². The van der Waals surface area contributed by atoms with Crippen molar-refractivity contribution in [1.29, 1.82) is 0 Å². The molecule has 10 heteroatoms. The van der Waals surface area contributed by atoms with Gasteiger partial charge >= 0.3 is 0 Å². The Kier molecular flexibility index (Phi) is 6.94. The van der Waals surface area contributed by atoms with Crippen LogP contribution in [-0.4, -0.2) is 68.6 Å². The van der Waals surface area contributed by atoms with E-state index < -0.39 is 15.4 Å². The van der Waals surface area contributed by atoms with E-state index in [1.165, 1.54) is 12.8 Å². The van der Waals surface area contributed by atoms with Crippen molar-refractivity contribution in [3.63, 3.8) is 0 Å². The molecule has 0 atom stereocenters. The highest BCUT2D eigenvalue weighted by molar-refractivity contribution is 7.91. The lowest BCUT2D eigenvalue weighted by molar-refractivity contribution is -0.0651. The third kappa shape index (κ3) is 5.82. The van der Waals surface area contributed by atoms with Gasteiger partial charge in [-0.2, -0.15) is 0 Å². The van der Waals surface area contributed by atoms with Crippen LogP contribution < -0.4 is 15.5 Å². The molecule has 38 heavy (non-hydrogen) atoms. The van der Waals surface area contributed by atoms with Gasteiger partial charge in [0, 0.05) is 13.1 Å². The molecular formula is C28H38N4O5S. The van der Waals surface area contributed by atoms with Gasteiger partial charge in [0.05, 0.1) is 41.7 Å². The minimum atomic E-state index is -3.52. The molecular weight excluding hydrogens is 504 g/mol. The number of benzene rings is 1. The smallest absolute Gasteiger partial charge is 0.258 e. The predicted molar refractivity (Wildman–Crippen MR) is 148 cm³/mol. The molecule has 5 rings (SSSR count). The quantitative estimate of drug-likeness (QED) is 0.462. The summed E-state index contributed by atoms with van der Waals surface area (Å²) in [5.74, 6) is 0.562. The third-order valence-corrected chi connectivity index (χ3v) is 9.98. The number of nitrogens with one attached hydrogen (secondary N) is 2. The molecule has 206 valence electrons. The summed E-state index contributed by atoms with van der Waals surface area (Å²) in [6.07, 6.45) is 4.62. The Labute approximate surface area is 224 Å². The third-order valence-electron chi connectivity index (χ3n) is 7.76. The fourth-order valence-electron chi connectivity index (χ4n) is 5.29. The molecule has 3 N–H and O–H groups in total. The maximum absolute atomic E-state index is 13.5. The zero-order valence-corrected chi connectivity index (χ0v) is 23.2. The molecule has 0 bridgehead atoms. The van der Waals surface area contributed by atoms with Gasteiger partial charge in [0.15, 0.2) is 9.84 Å². The highest BCUT2D eigenvalue weighted by Gasteiger charge is 2.45. The van der Waals surface area contributed by atoms with Crippen LogP contribution in [0.4, 0.5) is 17.3 Å². The Morgan fingerprint density at radius 1 is 1.08 bits per heavy atom. The molecule has 1 aromatic carbocycles. The zero-order chi connectivity index (χ0) is 27.2. The van der Waals surface area contributed by atoms with Crippen molar-refractivity contribution < 1.29 is 23.1 Å². The van der Waals surface area contributed by atoms with Gasteiger partial charge in [-0.15, -0.1) is 0 Å². The Bertz CT molecular complexity index is 1300. The molecule has 0 unspecified atom stereocenters. The summed E-state index contributed by atoms with van der Waals surface area (Å²) in [5, 5.41) is 15.8. The minimum Gasteiger partial charge on any atom is -0.394 e. The average Bonchev–Trinajstić information content (AvgIpc) is 3.59. The summed E-state index contributed by atoms with van der Waals surface area (Å²) in [6.45, 7) is 7.99. The molecule has 1 saturated carbocycles. The first-order valence-electron chi connectivity index (χ1n) is 13.3. The van der Waals surface area contributed by atoms with Gasteiger partial charge in [-0.3, -0.25) is 4.79 Å². The Morgan fingerprint density at radius 2 is 1.76 bits per heavy atom. The van der Waals surface area contributed by atoms with Crippen LogP contribution in [0.15, 0.2) is 41.3 Å². The lowest BCUT2D eigenvalue weighted by atomic mass is 9.93. The molecule has 3 fully saturated rings. The number of carbonyl (C=O) groups is 1. The number of ether oxygens (including phenoxy) is 1. The molecule has 1 aromatic heterocycles. The monoisotopic (exact) mass is 542 g/mol. The van der Waals surface area contributed by atoms with Gasteiger partial charge in [0.2, 0.25) is 0 Å². The molecule has 9 nitrogen and oxygen atoms in total. The lowest BCUT2D eigenvalue weighted by Gasteiger charge is -2.40. The van der Waals surface area contributed by atoms with E-state index in [0.717, 1.165) is 25.9 Å². The van der Waals surface area contributed by atoms with Crippen molar-refractivity contribution in [3.8, 4) is 0 Å². The molecule has 1 spiro atoms. The second-order valence-corrected chi connectivity index (χ2v) is 14.4. The highest BCUT2D eigenvalue weighted by Crippen LogP contribution is 2.54. The summed E-state index contributed by atoms with van der Waals surface area (Å²) in [4.78, 5) is 20.4. The van der Waals surface area contributed by atoms with Crippen molar-refractivity contribution in [1.82, 2.24) is 4.98 Å². The number of piperidine rings is 1. The summed E-state index contributed by atoms with van der Waals surface area (Å²) in [7, 11) is -3.52. The SMILES string of the molecule is CC(C)(C)CS(=O)(=O)c1ccc(C(=O)Nc2cccc(NC3(CO)COC3)n2)c(N2CCC3(CC2)CC3)c1. The van der Waals surface area contributed by atoms with E-state index in [-0.39, 0.29) is 28.6 Å². The second kappa shape index (κ2) is 9.81. The molecule has 0 radical (unpaired) electrons. The van der Waals surface area contributed by atoms with Gasteiger partial charge in [0.1, 0.15) is 17.2 Å². The Balaban J connectivity index is 1.41. The minimum absolute atomic E-state index is 0.0260. The van der Waals surface area contributed by atoms with Gasteiger partial charge < -0.3 is 25.4 Å². The number of aliphatic hydroxyl groups excluding tert-OH is 1. The number of hydrogen-bond acceptors (Lipinski definition) is 8. The van der Waals surface area contributed by atoms with Crippen molar-refractivity contribution in [2.45, 2.75) is 56.9 Å². The number of carbonyl (C=O) groups excluding carboxylic acids is 1. The second-order valence-electron chi connectivity index (χ2n) is 12.4. The van der Waals surface area contributed by atoms with E-state index >= 15 is 0 Å². The van der Waals surface area contributed by atoms with E-state index in [1.807, 2.05) is 20.8 Å². The topological polar surface area (TPSA) is 121 Å². The van der Waals surface area contributed by atoms with Crippen LogP contribution in [-0.2, 0) is 14.6 Å². The standard InChI is InChI=1S/C28H38N4O5S/c1-26(2,3)19-38(35,36)20-7-8-21(22(15-20)32-13-11-27(9-10-27)12-14-32)25(34)30-23-5-4-6-24(29-23)31-28(16-33)17-37-18-28/h4-8,15,33H,9-14,16-19H2,1-3H3,(H2,29,30,31,34). The zero-order valence-electron chi connectivity index (χ0n) is 22.4. The maximum atomic E-state index is 13.5. The fraction of sp³-hybridized carbons (Fsp3) is 0.571. The van der Waals surface area contributed by atoms with Crippen LogP contribution >= 0.6 is 0 Å². The Morgan fingerprint density at radius 3 is 2.34 bits per heavy atom. The first kappa shape index (κ1) is 26.9. The van der Waals surface area contributed by atoms with E-state index in [9.17, 15) is 18.3 Å². The number of aliphatic hydroxyl groups is 1. The van der Waals surface area contributed by atoms with Crippen LogP contribution in [0.3, 0.4) is 0 Å². The highest BCUT2D eigenvalue weighted by atomic mass is 32.2. The summed E-state index contributed by atoms with van der Waals surface area (Å²) in [6, 6.07) is 10.1. The van der Waals surface area contributed by atoms with Crippen molar-refractivity contribution in [2.24, 2.45) is 10.8 Å². The predicted octanol–water partition coefficient (Wildman–Crippen LogP) is 3.71. The van der Waals surface area contributed by atoms with Crippen molar-refractivity contribution in [2.75, 3.05) is 54.2 Å². The van der Waals surface area contributed by atoms with Crippen molar-refractivity contribution >= 4 is 33.1 Å². The number of aromatic nitrogens is 1. The summed E-state index contributed by atoms with van der Waals surface area (Å²) >= 11 is 0. The van der Waals surface area contributed by atoms with Gasteiger partial charge in [-0.25, -0.2) is 13.4 Å². The summed E-state index contributed by atoms with van der Waals surface area (Å²) < 4.78 is 31.7. The molecule has 3 heterocycles. The van der Waals surface area contributed by atoms with E-state index in [0.29, 0.717) is 41.5 Å². The fourth-order valence-corrected chi connectivity index (χ4v) is 7.16. The Hall–Kier alpha value is -2.69. The van der Waals surface area contributed by atoms with Crippen LogP contribution in [0.1, 0.15) is 56.8 Å². The van der Waals surface area contributed by atoms with Gasteiger partial charge in [-0.1, -0.05) is 26.8 Å². The first-order valence-corrected chi connectivity index (χ1v) is 14.9. The molecule has 2 aliphatic heterocycles. The molecule has 3 aliphatic rings.